The van der Waals surface area contributed by atoms with Crippen molar-refractivity contribution in [1.29, 1.82) is 0 Å². The van der Waals surface area contributed by atoms with Crippen LogP contribution in [0.1, 0.15) is 16.1 Å². The van der Waals surface area contributed by atoms with Gasteiger partial charge in [-0.1, -0.05) is 6.07 Å². The van der Waals surface area contributed by atoms with Crippen LogP contribution in [0.25, 0.3) is 11.0 Å². The topological polar surface area (TPSA) is 100 Å². The second-order valence-electron chi connectivity index (χ2n) is 6.52. The highest BCUT2D eigenvalue weighted by Gasteiger charge is 2.19. The standard InChI is InChI=1S/C19H21N5O4/c1-12-4-3-5-20-16(12)18(25)22-13-8-15-17(21-9-13)19(23-24(15)2)28-11-14-10-26-6-7-27-14/h3-5,8-9,14H,6-7,10-11H2,1-2H3,(H,22,25)/t14-/m1/s1. The van der Waals surface area contributed by atoms with E-state index in [1.54, 1.807) is 36.3 Å². The molecule has 28 heavy (non-hydrogen) atoms. The molecule has 1 fully saturated rings. The van der Waals surface area contributed by atoms with Crippen LogP contribution in [0.3, 0.4) is 0 Å². The van der Waals surface area contributed by atoms with E-state index in [9.17, 15) is 4.79 Å². The zero-order chi connectivity index (χ0) is 19.5. The minimum Gasteiger partial charge on any atom is -0.472 e. The molecule has 9 heteroatoms. The number of amides is 1. The third kappa shape index (κ3) is 3.80. The molecule has 0 radical (unpaired) electrons. The Labute approximate surface area is 161 Å². The van der Waals surface area contributed by atoms with Crippen molar-refractivity contribution in [2.45, 2.75) is 13.0 Å². The van der Waals surface area contributed by atoms with Gasteiger partial charge in [-0.05, 0) is 24.6 Å². The number of rotatable bonds is 5. The van der Waals surface area contributed by atoms with Crippen LogP contribution in [0.5, 0.6) is 5.88 Å². The summed E-state index contributed by atoms with van der Waals surface area (Å²) in [6.45, 7) is 3.85. The molecule has 0 aliphatic carbocycles. The number of carbonyl (C=O) groups excluding carboxylic acids is 1. The lowest BCUT2D eigenvalue weighted by Crippen LogP contribution is -2.33. The molecule has 0 bridgehead atoms. The fourth-order valence-electron chi connectivity index (χ4n) is 2.99. The van der Waals surface area contributed by atoms with Gasteiger partial charge in [0.15, 0.2) is 5.52 Å². The first-order chi connectivity index (χ1) is 13.6. The SMILES string of the molecule is Cc1cccnc1C(=O)Nc1cnc2c(OC[C@H]3COCCO3)nn(C)c2c1. The van der Waals surface area contributed by atoms with Crippen LogP contribution in [-0.2, 0) is 16.5 Å². The van der Waals surface area contributed by atoms with E-state index >= 15 is 0 Å². The van der Waals surface area contributed by atoms with Crippen molar-refractivity contribution in [2.24, 2.45) is 7.05 Å². The van der Waals surface area contributed by atoms with Crippen LogP contribution in [0.4, 0.5) is 5.69 Å². The van der Waals surface area contributed by atoms with Crippen LogP contribution in [0.15, 0.2) is 30.6 Å². The van der Waals surface area contributed by atoms with E-state index < -0.39 is 0 Å². The van der Waals surface area contributed by atoms with Gasteiger partial charge in [0, 0.05) is 13.2 Å². The van der Waals surface area contributed by atoms with Crippen LogP contribution < -0.4 is 10.1 Å². The molecule has 1 atom stereocenters. The van der Waals surface area contributed by atoms with Crippen molar-refractivity contribution >= 4 is 22.6 Å². The Balaban J connectivity index is 1.50. The summed E-state index contributed by atoms with van der Waals surface area (Å²) in [5, 5.41) is 7.21. The summed E-state index contributed by atoms with van der Waals surface area (Å²) in [5.41, 5.74) is 3.10. The van der Waals surface area contributed by atoms with Gasteiger partial charge in [0.2, 0.25) is 0 Å². The second kappa shape index (κ2) is 7.91. The van der Waals surface area contributed by atoms with Gasteiger partial charge in [-0.25, -0.2) is 4.98 Å². The normalized spacial score (nSPS) is 16.9. The maximum absolute atomic E-state index is 12.5. The number of aromatic nitrogens is 4. The van der Waals surface area contributed by atoms with Gasteiger partial charge in [-0.2, -0.15) is 0 Å². The number of carbonyl (C=O) groups is 1. The number of nitrogens with one attached hydrogen (secondary N) is 1. The first kappa shape index (κ1) is 18.3. The van der Waals surface area contributed by atoms with Crippen molar-refractivity contribution in [2.75, 3.05) is 31.7 Å². The highest BCUT2D eigenvalue weighted by atomic mass is 16.6. The van der Waals surface area contributed by atoms with Gasteiger partial charge < -0.3 is 19.5 Å². The predicted molar refractivity (Wildman–Crippen MR) is 101 cm³/mol. The highest BCUT2D eigenvalue weighted by molar-refractivity contribution is 6.04. The molecule has 4 heterocycles. The first-order valence-corrected chi connectivity index (χ1v) is 8.99. The molecule has 146 valence electrons. The number of ether oxygens (including phenoxy) is 3. The molecule has 1 aliphatic heterocycles. The molecule has 1 amide bonds. The number of hydrogen-bond donors (Lipinski definition) is 1. The number of aryl methyl sites for hydroxylation is 2. The molecule has 1 saturated heterocycles. The first-order valence-electron chi connectivity index (χ1n) is 8.99. The van der Waals surface area contributed by atoms with Gasteiger partial charge in [0.1, 0.15) is 18.4 Å². The maximum atomic E-state index is 12.5. The Hall–Kier alpha value is -3.04. The second-order valence-corrected chi connectivity index (χ2v) is 6.52. The largest absolute Gasteiger partial charge is 0.472 e. The van der Waals surface area contributed by atoms with Crippen LogP contribution in [-0.4, -0.2) is 58.2 Å². The lowest BCUT2D eigenvalue weighted by atomic mass is 10.2. The summed E-state index contributed by atoms with van der Waals surface area (Å²) in [6, 6.07) is 5.44. The molecule has 0 spiro atoms. The van der Waals surface area contributed by atoms with Gasteiger partial charge in [-0.3, -0.25) is 14.5 Å². The number of hydrogen-bond acceptors (Lipinski definition) is 7. The van der Waals surface area contributed by atoms with Gasteiger partial charge >= 0.3 is 0 Å². The number of nitrogens with zero attached hydrogens (tertiary/aromatic N) is 4. The van der Waals surface area contributed by atoms with Crippen molar-refractivity contribution in [3.05, 3.63) is 41.9 Å². The average molecular weight is 383 g/mol. The van der Waals surface area contributed by atoms with E-state index in [1.165, 1.54) is 0 Å². The van der Waals surface area contributed by atoms with Gasteiger partial charge in [0.05, 0.1) is 37.2 Å². The smallest absolute Gasteiger partial charge is 0.274 e. The van der Waals surface area contributed by atoms with Gasteiger partial charge in [-0.15, -0.1) is 5.10 Å². The van der Waals surface area contributed by atoms with E-state index in [-0.39, 0.29) is 12.0 Å². The number of anilines is 1. The summed E-state index contributed by atoms with van der Waals surface area (Å²) >= 11 is 0. The molecule has 4 rings (SSSR count). The molecular formula is C19H21N5O4. The monoisotopic (exact) mass is 383 g/mol. The maximum Gasteiger partial charge on any atom is 0.274 e. The summed E-state index contributed by atoms with van der Waals surface area (Å²) < 4.78 is 18.4. The fourth-order valence-corrected chi connectivity index (χ4v) is 2.99. The van der Waals surface area contributed by atoms with Gasteiger partial charge in [0.25, 0.3) is 11.8 Å². The van der Waals surface area contributed by atoms with Crippen molar-refractivity contribution in [3.8, 4) is 5.88 Å². The molecule has 1 aliphatic rings. The molecule has 0 unspecified atom stereocenters. The average Bonchev–Trinajstić information content (AvgIpc) is 3.03. The zero-order valence-electron chi connectivity index (χ0n) is 15.7. The van der Waals surface area contributed by atoms with Crippen molar-refractivity contribution < 1.29 is 19.0 Å². The fraction of sp³-hybridized carbons (Fsp3) is 0.368. The minimum atomic E-state index is -0.285. The number of fused-ring (bicyclic) bond motifs is 1. The lowest BCUT2D eigenvalue weighted by molar-refractivity contribution is -0.101. The summed E-state index contributed by atoms with van der Waals surface area (Å²) in [4.78, 5) is 21.0. The number of pyridine rings is 2. The van der Waals surface area contributed by atoms with Crippen LogP contribution >= 0.6 is 0 Å². The lowest BCUT2D eigenvalue weighted by Gasteiger charge is -2.22. The Bertz CT molecular complexity index is 997. The summed E-state index contributed by atoms with van der Waals surface area (Å²) in [7, 11) is 1.80. The molecule has 3 aromatic heterocycles. The van der Waals surface area contributed by atoms with Crippen LogP contribution in [0, 0.1) is 6.92 Å². The Morgan fingerprint density at radius 1 is 1.39 bits per heavy atom. The minimum absolute atomic E-state index is 0.119. The van der Waals surface area contributed by atoms with Crippen molar-refractivity contribution in [1.82, 2.24) is 19.7 Å². The van der Waals surface area contributed by atoms with E-state index in [0.29, 0.717) is 49.2 Å². The summed E-state index contributed by atoms with van der Waals surface area (Å²) in [5.74, 6) is 0.137. The summed E-state index contributed by atoms with van der Waals surface area (Å²) in [6.07, 6.45) is 3.05. The van der Waals surface area contributed by atoms with E-state index in [1.807, 2.05) is 13.0 Å². The van der Waals surface area contributed by atoms with Crippen LogP contribution in [0.2, 0.25) is 0 Å². The van der Waals surface area contributed by atoms with E-state index in [2.05, 4.69) is 20.4 Å². The molecule has 0 saturated carbocycles. The van der Waals surface area contributed by atoms with E-state index in [0.717, 1.165) is 11.1 Å². The molecule has 1 N–H and O–H groups in total. The highest BCUT2D eigenvalue weighted by Crippen LogP contribution is 2.25. The molecule has 9 nitrogen and oxygen atoms in total. The molecular weight excluding hydrogens is 362 g/mol. The molecule has 3 aromatic rings. The Morgan fingerprint density at radius 2 is 2.29 bits per heavy atom. The quantitative estimate of drug-likeness (QED) is 0.716. The zero-order valence-corrected chi connectivity index (χ0v) is 15.7. The predicted octanol–water partition coefficient (Wildman–Crippen LogP) is 1.72. The third-order valence-electron chi connectivity index (χ3n) is 4.43. The third-order valence-corrected chi connectivity index (χ3v) is 4.43. The Morgan fingerprint density at radius 3 is 3.07 bits per heavy atom. The molecule has 0 aromatic carbocycles. The van der Waals surface area contributed by atoms with E-state index in [4.69, 9.17) is 14.2 Å². The van der Waals surface area contributed by atoms with Crippen molar-refractivity contribution in [3.63, 3.8) is 0 Å². The Kier molecular flexibility index (Phi) is 5.18.